The highest BCUT2D eigenvalue weighted by Crippen LogP contribution is 2.37. The van der Waals surface area contributed by atoms with Gasteiger partial charge >= 0.3 is 12.0 Å². The van der Waals surface area contributed by atoms with Gasteiger partial charge in [-0.25, -0.2) is 14.2 Å². The Morgan fingerprint density at radius 2 is 2.16 bits per heavy atom. The van der Waals surface area contributed by atoms with Gasteiger partial charge in [-0.1, -0.05) is 23.9 Å². The van der Waals surface area contributed by atoms with E-state index in [-0.39, 0.29) is 30.4 Å². The Hall–Kier alpha value is -1.36. The van der Waals surface area contributed by atoms with E-state index in [1.54, 1.807) is 11.5 Å². The number of carbonyl (C=O) groups is 1. The van der Waals surface area contributed by atoms with E-state index in [4.69, 9.17) is 0 Å². The molecule has 1 fully saturated rings. The minimum Gasteiger partial charge on any atom is -0.464 e. The first-order valence-electron chi connectivity index (χ1n) is 10.1. The SMILES string of the molecule is COC(=O)c1csc(SCC[C@H]2[C@@H](O)CC[C@@H]2C=CC[C@@](C)(O)CCC(F)=C(F)F)n1. The van der Waals surface area contributed by atoms with Crippen LogP contribution in [0.1, 0.15) is 55.9 Å². The summed E-state index contributed by atoms with van der Waals surface area (Å²) in [5.41, 5.74) is -0.998. The average molecular weight is 480 g/mol. The molecule has 10 heteroatoms. The number of methoxy groups -OCH3 is 1. The van der Waals surface area contributed by atoms with Crippen LogP contribution >= 0.6 is 23.1 Å². The highest BCUT2D eigenvalue weighted by atomic mass is 32.2. The van der Waals surface area contributed by atoms with Gasteiger partial charge in [-0.2, -0.15) is 8.78 Å². The molecule has 2 N–H and O–H groups in total. The van der Waals surface area contributed by atoms with E-state index in [2.05, 4.69) is 9.72 Å². The number of ether oxygens (including phenoxy) is 1. The molecule has 0 amide bonds. The van der Waals surface area contributed by atoms with Gasteiger partial charge in [0.15, 0.2) is 15.9 Å². The highest BCUT2D eigenvalue weighted by molar-refractivity contribution is 8.01. The number of carbonyl (C=O) groups excluding carboxylic acids is 1. The van der Waals surface area contributed by atoms with E-state index < -0.39 is 36.0 Å². The van der Waals surface area contributed by atoms with Crippen LogP contribution in [-0.2, 0) is 4.74 Å². The molecule has 0 saturated heterocycles. The number of aromatic nitrogens is 1. The van der Waals surface area contributed by atoms with E-state index in [1.165, 1.54) is 37.1 Å². The van der Waals surface area contributed by atoms with E-state index in [1.807, 2.05) is 6.08 Å². The van der Waals surface area contributed by atoms with Gasteiger partial charge in [0.2, 0.25) is 0 Å². The van der Waals surface area contributed by atoms with Crippen LogP contribution in [0.15, 0.2) is 33.8 Å². The van der Waals surface area contributed by atoms with Crippen molar-refractivity contribution in [3.05, 3.63) is 35.1 Å². The summed E-state index contributed by atoms with van der Waals surface area (Å²) in [5, 5.41) is 22.3. The lowest BCUT2D eigenvalue weighted by Gasteiger charge is -2.22. The summed E-state index contributed by atoms with van der Waals surface area (Å²) in [4.78, 5) is 15.7. The molecule has 0 bridgehead atoms. The van der Waals surface area contributed by atoms with Gasteiger partial charge in [0.05, 0.1) is 18.8 Å². The lowest BCUT2D eigenvalue weighted by Crippen LogP contribution is -2.23. The summed E-state index contributed by atoms with van der Waals surface area (Å²) in [7, 11) is 1.31. The van der Waals surface area contributed by atoms with Crippen LogP contribution in [0, 0.1) is 11.8 Å². The summed E-state index contributed by atoms with van der Waals surface area (Å²) >= 11 is 2.90. The predicted octanol–water partition coefficient (Wildman–Crippen LogP) is 5.35. The lowest BCUT2D eigenvalue weighted by atomic mass is 9.90. The maximum Gasteiger partial charge on any atom is 0.357 e. The molecule has 1 aliphatic rings. The van der Waals surface area contributed by atoms with Crippen molar-refractivity contribution in [3.8, 4) is 0 Å². The van der Waals surface area contributed by atoms with E-state index in [9.17, 15) is 28.2 Å². The minimum atomic E-state index is -2.34. The first kappa shape index (κ1) is 25.9. The highest BCUT2D eigenvalue weighted by Gasteiger charge is 2.33. The van der Waals surface area contributed by atoms with Gasteiger partial charge in [0.1, 0.15) is 0 Å². The molecular formula is C21H28F3NO4S2. The Bertz CT molecular complexity index is 793. The van der Waals surface area contributed by atoms with Crippen LogP contribution in [0.25, 0.3) is 0 Å². The molecule has 5 nitrogen and oxygen atoms in total. The number of hydrogen-bond donors (Lipinski definition) is 2. The van der Waals surface area contributed by atoms with Crippen molar-refractivity contribution >= 4 is 29.1 Å². The average Bonchev–Trinajstić information content (AvgIpc) is 3.33. The number of aliphatic hydroxyl groups is 2. The summed E-state index contributed by atoms with van der Waals surface area (Å²) in [6.07, 6.45) is 2.89. The van der Waals surface area contributed by atoms with Crippen LogP contribution in [0.5, 0.6) is 0 Å². The number of allylic oxidation sites excluding steroid dienone is 2. The smallest absolute Gasteiger partial charge is 0.357 e. The van der Waals surface area contributed by atoms with Crippen LogP contribution < -0.4 is 0 Å². The fourth-order valence-electron chi connectivity index (χ4n) is 3.60. The molecule has 31 heavy (non-hydrogen) atoms. The van der Waals surface area contributed by atoms with E-state index in [0.29, 0.717) is 6.42 Å². The summed E-state index contributed by atoms with van der Waals surface area (Å²) in [6.45, 7) is 1.50. The number of nitrogens with zero attached hydrogens (tertiary/aromatic N) is 1. The molecule has 1 aliphatic carbocycles. The van der Waals surface area contributed by atoms with Crippen molar-refractivity contribution in [2.45, 2.75) is 61.5 Å². The molecule has 174 valence electrons. The third-order valence-electron chi connectivity index (χ3n) is 5.42. The fraction of sp³-hybridized carbons (Fsp3) is 0.619. The van der Waals surface area contributed by atoms with Crippen LogP contribution in [0.2, 0.25) is 0 Å². The van der Waals surface area contributed by atoms with Gasteiger partial charge in [-0.3, -0.25) is 0 Å². The standard InChI is InChI=1S/C21H28F3NO4S2/c1-21(28,10-7-15(22)18(23)24)9-3-4-13-5-6-17(26)14(13)8-11-30-20-25-16(12-31-20)19(27)29-2/h3-4,12-14,17,26,28H,5-11H2,1-2H3/t13-,14+,17-,21+/m0/s1. The number of hydrogen-bond acceptors (Lipinski definition) is 7. The van der Waals surface area contributed by atoms with Crippen molar-refractivity contribution in [1.29, 1.82) is 0 Å². The molecular weight excluding hydrogens is 451 g/mol. The third-order valence-corrected chi connectivity index (χ3v) is 7.48. The second-order valence-electron chi connectivity index (χ2n) is 7.89. The molecule has 0 aliphatic heterocycles. The quantitative estimate of drug-likeness (QED) is 0.253. The molecule has 0 unspecified atom stereocenters. The summed E-state index contributed by atoms with van der Waals surface area (Å²) < 4.78 is 42.7. The van der Waals surface area contributed by atoms with Gasteiger partial charge in [0, 0.05) is 17.6 Å². The summed E-state index contributed by atoms with van der Waals surface area (Å²) in [6, 6.07) is 0. The molecule has 1 aromatic rings. The zero-order valence-electron chi connectivity index (χ0n) is 17.5. The van der Waals surface area contributed by atoms with Crippen molar-refractivity contribution < 1.29 is 32.9 Å². The third kappa shape index (κ3) is 8.25. The van der Waals surface area contributed by atoms with Gasteiger partial charge in [-0.05, 0) is 50.9 Å². The number of aliphatic hydroxyl groups excluding tert-OH is 1. The topological polar surface area (TPSA) is 79.7 Å². The van der Waals surface area contributed by atoms with Crippen molar-refractivity contribution in [3.63, 3.8) is 0 Å². The van der Waals surface area contributed by atoms with Crippen LogP contribution in [0.4, 0.5) is 13.2 Å². The Labute approximate surface area is 188 Å². The summed E-state index contributed by atoms with van der Waals surface area (Å²) in [5.74, 6) is -1.01. The fourth-order valence-corrected chi connectivity index (χ4v) is 5.51. The lowest BCUT2D eigenvalue weighted by molar-refractivity contribution is 0.0521. The molecule has 1 heterocycles. The maximum absolute atomic E-state index is 13.0. The second-order valence-corrected chi connectivity index (χ2v) is 10.1. The Balaban J connectivity index is 1.82. The minimum absolute atomic E-state index is 0.0646. The molecule has 1 saturated carbocycles. The van der Waals surface area contributed by atoms with Crippen LogP contribution in [-0.4, -0.2) is 45.7 Å². The van der Waals surface area contributed by atoms with Crippen molar-refractivity contribution in [2.24, 2.45) is 11.8 Å². The van der Waals surface area contributed by atoms with Crippen molar-refractivity contribution in [1.82, 2.24) is 4.98 Å². The Morgan fingerprint density at radius 3 is 2.84 bits per heavy atom. The van der Waals surface area contributed by atoms with Crippen LogP contribution in [0.3, 0.4) is 0 Å². The molecule has 0 radical (unpaired) electrons. The Morgan fingerprint density at radius 1 is 1.42 bits per heavy atom. The van der Waals surface area contributed by atoms with Gasteiger partial charge in [-0.15, -0.1) is 11.3 Å². The monoisotopic (exact) mass is 479 g/mol. The number of esters is 1. The molecule has 2 rings (SSSR count). The van der Waals surface area contributed by atoms with Gasteiger partial charge in [0.25, 0.3) is 0 Å². The van der Waals surface area contributed by atoms with E-state index >= 15 is 0 Å². The number of halogens is 3. The van der Waals surface area contributed by atoms with E-state index in [0.717, 1.165) is 22.9 Å². The Kier molecular flexibility index (Phi) is 10.1. The van der Waals surface area contributed by atoms with Gasteiger partial charge < -0.3 is 14.9 Å². The molecule has 0 spiro atoms. The number of rotatable bonds is 11. The van der Waals surface area contributed by atoms with Crippen molar-refractivity contribution in [2.75, 3.05) is 12.9 Å². The first-order valence-corrected chi connectivity index (χ1v) is 11.9. The molecule has 4 atom stereocenters. The predicted molar refractivity (Wildman–Crippen MR) is 115 cm³/mol. The second kappa shape index (κ2) is 12.0. The molecule has 1 aromatic heterocycles. The maximum atomic E-state index is 13.0. The number of thiazole rings is 1. The zero-order chi connectivity index (χ0) is 23.0. The zero-order valence-corrected chi connectivity index (χ0v) is 19.2. The first-order chi connectivity index (χ1) is 14.6. The normalized spacial score (nSPS) is 23.1. The largest absolute Gasteiger partial charge is 0.464 e. The number of thioether (sulfide) groups is 1. The molecule has 0 aromatic carbocycles.